The fourth-order valence-electron chi connectivity index (χ4n) is 1.75. The van der Waals surface area contributed by atoms with Gasteiger partial charge in [0.1, 0.15) is 5.82 Å². The zero-order valence-electron chi connectivity index (χ0n) is 11.0. The number of rotatable bonds is 5. The van der Waals surface area contributed by atoms with Gasteiger partial charge >= 0.3 is 0 Å². The van der Waals surface area contributed by atoms with Gasteiger partial charge in [0.05, 0.1) is 11.4 Å². The lowest BCUT2D eigenvalue weighted by atomic mass is 10.2. The molecular formula is C14H17BrFN3. The summed E-state index contributed by atoms with van der Waals surface area (Å²) in [4.78, 5) is 0. The lowest BCUT2D eigenvalue weighted by Crippen LogP contribution is -2.19. The van der Waals surface area contributed by atoms with E-state index in [9.17, 15) is 4.39 Å². The molecule has 5 heteroatoms. The molecule has 0 bridgehead atoms. The summed E-state index contributed by atoms with van der Waals surface area (Å²) in [5, 5.41) is 7.81. The molecule has 0 saturated heterocycles. The fraction of sp³-hybridized carbons (Fsp3) is 0.357. The first-order valence-corrected chi connectivity index (χ1v) is 7.06. The standard InChI is InChI=1S/C14H17BrFN3/c1-10(2)8-17-9-12-5-6-19(18-12)14-4-3-11(16)7-13(14)15/h3-7,10,17H,8-9H2,1-2H3. The summed E-state index contributed by atoms with van der Waals surface area (Å²) >= 11 is 3.35. The van der Waals surface area contributed by atoms with Gasteiger partial charge in [-0.3, -0.25) is 0 Å². The van der Waals surface area contributed by atoms with Crippen molar-refractivity contribution in [3.8, 4) is 5.69 Å². The van der Waals surface area contributed by atoms with Crippen molar-refractivity contribution in [1.29, 1.82) is 0 Å². The molecule has 0 atom stereocenters. The van der Waals surface area contributed by atoms with E-state index in [1.807, 2.05) is 12.3 Å². The Labute approximate surface area is 121 Å². The lowest BCUT2D eigenvalue weighted by molar-refractivity contribution is 0.546. The predicted molar refractivity (Wildman–Crippen MR) is 77.8 cm³/mol. The normalized spacial score (nSPS) is 11.2. The van der Waals surface area contributed by atoms with Crippen LogP contribution in [0.15, 0.2) is 34.9 Å². The number of nitrogens with one attached hydrogen (secondary N) is 1. The van der Waals surface area contributed by atoms with E-state index in [4.69, 9.17) is 0 Å². The largest absolute Gasteiger partial charge is 0.311 e. The van der Waals surface area contributed by atoms with Crippen LogP contribution in [0.5, 0.6) is 0 Å². The van der Waals surface area contributed by atoms with Crippen molar-refractivity contribution in [1.82, 2.24) is 15.1 Å². The molecule has 0 unspecified atom stereocenters. The third-order valence-electron chi connectivity index (χ3n) is 2.66. The zero-order chi connectivity index (χ0) is 13.8. The number of hydrogen-bond donors (Lipinski definition) is 1. The molecule has 0 aliphatic rings. The van der Waals surface area contributed by atoms with E-state index in [0.717, 1.165) is 24.5 Å². The monoisotopic (exact) mass is 325 g/mol. The summed E-state index contributed by atoms with van der Waals surface area (Å²) in [5.74, 6) is 0.356. The lowest BCUT2D eigenvalue weighted by Gasteiger charge is -2.06. The molecule has 0 fully saturated rings. The Morgan fingerprint density at radius 1 is 1.37 bits per heavy atom. The van der Waals surface area contributed by atoms with Crippen molar-refractivity contribution in [3.63, 3.8) is 0 Å². The van der Waals surface area contributed by atoms with Gasteiger partial charge in [0, 0.05) is 17.2 Å². The van der Waals surface area contributed by atoms with E-state index < -0.39 is 0 Å². The summed E-state index contributed by atoms with van der Waals surface area (Å²) in [5.41, 5.74) is 1.80. The summed E-state index contributed by atoms with van der Waals surface area (Å²) in [6.07, 6.45) is 1.88. The average molecular weight is 326 g/mol. The second-order valence-corrected chi connectivity index (χ2v) is 5.73. The molecule has 0 radical (unpaired) electrons. The van der Waals surface area contributed by atoms with Gasteiger partial charge in [0.2, 0.25) is 0 Å². The minimum Gasteiger partial charge on any atom is -0.311 e. The van der Waals surface area contributed by atoms with Crippen molar-refractivity contribution >= 4 is 15.9 Å². The number of aromatic nitrogens is 2. The molecular weight excluding hydrogens is 309 g/mol. The highest BCUT2D eigenvalue weighted by Crippen LogP contribution is 2.21. The predicted octanol–water partition coefficient (Wildman–Crippen LogP) is 3.52. The third kappa shape index (κ3) is 3.88. The number of hydrogen-bond acceptors (Lipinski definition) is 2. The molecule has 0 amide bonds. The minimum absolute atomic E-state index is 0.262. The molecule has 2 aromatic rings. The van der Waals surface area contributed by atoms with Gasteiger partial charge in [-0.15, -0.1) is 0 Å². The van der Waals surface area contributed by atoms with Crippen LogP contribution in [0.25, 0.3) is 5.69 Å². The van der Waals surface area contributed by atoms with Gasteiger partial charge in [0.15, 0.2) is 0 Å². The van der Waals surface area contributed by atoms with Crippen LogP contribution >= 0.6 is 15.9 Å². The molecule has 1 aromatic carbocycles. The van der Waals surface area contributed by atoms with E-state index >= 15 is 0 Å². The molecule has 1 N–H and O–H groups in total. The topological polar surface area (TPSA) is 29.9 Å². The first-order chi connectivity index (χ1) is 9.06. The Balaban J connectivity index is 2.08. The molecule has 3 nitrogen and oxygen atoms in total. The van der Waals surface area contributed by atoms with E-state index in [0.29, 0.717) is 10.4 Å². The van der Waals surface area contributed by atoms with Crippen molar-refractivity contribution in [2.24, 2.45) is 5.92 Å². The zero-order valence-corrected chi connectivity index (χ0v) is 12.6. The Bertz CT molecular complexity index is 551. The maximum atomic E-state index is 13.0. The Kier molecular flexibility index (Phi) is 4.71. The first-order valence-electron chi connectivity index (χ1n) is 6.27. The Morgan fingerprint density at radius 2 is 2.16 bits per heavy atom. The third-order valence-corrected chi connectivity index (χ3v) is 3.29. The number of benzene rings is 1. The van der Waals surface area contributed by atoms with Gasteiger partial charge in [0.25, 0.3) is 0 Å². The van der Waals surface area contributed by atoms with Crippen LogP contribution in [0.4, 0.5) is 4.39 Å². The minimum atomic E-state index is -0.262. The van der Waals surface area contributed by atoms with Crippen LogP contribution in [-0.4, -0.2) is 16.3 Å². The van der Waals surface area contributed by atoms with Gasteiger partial charge in [-0.2, -0.15) is 5.10 Å². The quantitative estimate of drug-likeness (QED) is 0.911. The van der Waals surface area contributed by atoms with Gasteiger partial charge in [-0.1, -0.05) is 13.8 Å². The van der Waals surface area contributed by atoms with Crippen LogP contribution in [0, 0.1) is 11.7 Å². The van der Waals surface area contributed by atoms with Crippen LogP contribution in [0.3, 0.4) is 0 Å². The van der Waals surface area contributed by atoms with Crippen molar-refractivity contribution in [3.05, 3.63) is 46.4 Å². The average Bonchev–Trinajstić information content (AvgIpc) is 2.77. The van der Waals surface area contributed by atoms with Gasteiger partial charge in [-0.25, -0.2) is 9.07 Å². The molecule has 1 aromatic heterocycles. The summed E-state index contributed by atoms with van der Waals surface area (Å²) in [7, 11) is 0. The van der Waals surface area contributed by atoms with E-state index in [2.05, 4.69) is 40.2 Å². The summed E-state index contributed by atoms with van der Waals surface area (Å²) < 4.78 is 15.5. The van der Waals surface area contributed by atoms with Crippen molar-refractivity contribution in [2.45, 2.75) is 20.4 Å². The smallest absolute Gasteiger partial charge is 0.124 e. The molecule has 2 rings (SSSR count). The molecule has 0 aliphatic heterocycles. The van der Waals surface area contributed by atoms with Crippen molar-refractivity contribution < 1.29 is 4.39 Å². The highest BCUT2D eigenvalue weighted by molar-refractivity contribution is 9.10. The van der Waals surface area contributed by atoms with E-state index in [-0.39, 0.29) is 5.82 Å². The van der Waals surface area contributed by atoms with Crippen LogP contribution < -0.4 is 5.32 Å². The molecule has 0 aliphatic carbocycles. The first kappa shape index (κ1) is 14.2. The SMILES string of the molecule is CC(C)CNCc1ccn(-c2ccc(F)cc2Br)n1. The van der Waals surface area contributed by atoms with Gasteiger partial charge < -0.3 is 5.32 Å². The maximum absolute atomic E-state index is 13.0. The maximum Gasteiger partial charge on any atom is 0.124 e. The summed E-state index contributed by atoms with van der Waals surface area (Å²) in [6, 6.07) is 6.53. The molecule has 19 heavy (non-hydrogen) atoms. The number of halogens is 2. The van der Waals surface area contributed by atoms with Gasteiger partial charge in [-0.05, 0) is 52.7 Å². The molecule has 0 saturated carbocycles. The fourth-order valence-corrected chi connectivity index (χ4v) is 2.28. The molecule has 1 heterocycles. The second kappa shape index (κ2) is 6.30. The molecule has 0 spiro atoms. The van der Waals surface area contributed by atoms with Crippen LogP contribution in [-0.2, 0) is 6.54 Å². The van der Waals surface area contributed by atoms with E-state index in [1.54, 1.807) is 10.7 Å². The van der Waals surface area contributed by atoms with Crippen LogP contribution in [0.1, 0.15) is 19.5 Å². The Hall–Kier alpha value is -1.20. The highest BCUT2D eigenvalue weighted by Gasteiger charge is 2.06. The van der Waals surface area contributed by atoms with E-state index in [1.165, 1.54) is 12.1 Å². The van der Waals surface area contributed by atoms with Crippen molar-refractivity contribution in [2.75, 3.05) is 6.54 Å². The second-order valence-electron chi connectivity index (χ2n) is 4.87. The highest BCUT2D eigenvalue weighted by atomic mass is 79.9. The Morgan fingerprint density at radius 3 is 2.84 bits per heavy atom. The summed E-state index contributed by atoms with van der Waals surface area (Å²) in [6.45, 7) is 6.04. The molecule has 102 valence electrons. The number of nitrogens with zero attached hydrogens (tertiary/aromatic N) is 2. The van der Waals surface area contributed by atoms with Crippen LogP contribution in [0.2, 0.25) is 0 Å².